The van der Waals surface area contributed by atoms with Crippen LogP contribution in [0, 0.1) is 0 Å². The van der Waals surface area contributed by atoms with Gasteiger partial charge in [-0.1, -0.05) is 36.4 Å². The van der Waals surface area contributed by atoms with Crippen molar-refractivity contribution in [3.8, 4) is 28.1 Å². The van der Waals surface area contributed by atoms with Crippen molar-refractivity contribution in [1.82, 2.24) is 9.97 Å². The Morgan fingerprint density at radius 3 is 2.21 bits per heavy atom. The highest BCUT2D eigenvalue weighted by Gasteiger charge is 2.07. The smallest absolute Gasteiger partial charge is 0.116 e. The fourth-order valence-corrected chi connectivity index (χ4v) is 2.05. The highest BCUT2D eigenvalue weighted by molar-refractivity contribution is 5.81. The highest BCUT2D eigenvalue weighted by Crippen LogP contribution is 2.31. The van der Waals surface area contributed by atoms with Gasteiger partial charge in [-0.05, 0) is 29.3 Å². The van der Waals surface area contributed by atoms with Crippen LogP contribution in [0.1, 0.15) is 0 Å². The van der Waals surface area contributed by atoms with Crippen molar-refractivity contribution in [3.63, 3.8) is 0 Å². The molecule has 0 fully saturated rings. The summed E-state index contributed by atoms with van der Waals surface area (Å²) in [6.07, 6.45) is 3.28. The van der Waals surface area contributed by atoms with Crippen LogP contribution in [0.4, 0.5) is 0 Å². The van der Waals surface area contributed by atoms with Gasteiger partial charge >= 0.3 is 0 Å². The maximum absolute atomic E-state index is 9.37. The zero-order valence-electron chi connectivity index (χ0n) is 10.2. The van der Waals surface area contributed by atoms with Crippen molar-refractivity contribution in [2.75, 3.05) is 0 Å². The number of phenolic OH excluding ortho intramolecular Hbond substituents is 1. The van der Waals surface area contributed by atoms with E-state index in [4.69, 9.17) is 0 Å². The Balaban J connectivity index is 2.15. The van der Waals surface area contributed by atoms with Crippen LogP contribution in [-0.4, -0.2) is 15.1 Å². The third kappa shape index (κ3) is 2.31. The Morgan fingerprint density at radius 1 is 0.789 bits per heavy atom. The second-order valence-electron chi connectivity index (χ2n) is 4.19. The molecule has 0 bridgehead atoms. The zero-order chi connectivity index (χ0) is 13.1. The van der Waals surface area contributed by atoms with E-state index in [1.54, 1.807) is 24.7 Å². The van der Waals surface area contributed by atoms with Crippen LogP contribution >= 0.6 is 0 Å². The van der Waals surface area contributed by atoms with E-state index in [0.717, 1.165) is 22.4 Å². The first-order valence-corrected chi connectivity index (χ1v) is 5.99. The molecule has 0 spiro atoms. The van der Waals surface area contributed by atoms with Crippen LogP contribution in [0.3, 0.4) is 0 Å². The molecule has 0 saturated heterocycles. The van der Waals surface area contributed by atoms with Crippen LogP contribution in [0.15, 0.2) is 67.1 Å². The molecule has 92 valence electrons. The Kier molecular flexibility index (Phi) is 2.94. The van der Waals surface area contributed by atoms with Crippen LogP contribution in [0.5, 0.6) is 5.75 Å². The van der Waals surface area contributed by atoms with Crippen molar-refractivity contribution < 1.29 is 5.11 Å². The summed E-state index contributed by atoms with van der Waals surface area (Å²) >= 11 is 0. The molecule has 1 aromatic heterocycles. The monoisotopic (exact) mass is 248 g/mol. The predicted octanol–water partition coefficient (Wildman–Crippen LogP) is 3.52. The number of hydrogen-bond donors (Lipinski definition) is 1. The maximum Gasteiger partial charge on any atom is 0.116 e. The van der Waals surface area contributed by atoms with Crippen molar-refractivity contribution in [3.05, 3.63) is 67.1 Å². The molecule has 3 aromatic rings. The number of phenols is 1. The van der Waals surface area contributed by atoms with Gasteiger partial charge in [0.15, 0.2) is 0 Å². The number of hydrogen-bond acceptors (Lipinski definition) is 3. The van der Waals surface area contributed by atoms with Crippen molar-refractivity contribution >= 4 is 0 Å². The van der Waals surface area contributed by atoms with Gasteiger partial charge in [0.1, 0.15) is 12.1 Å². The summed E-state index contributed by atoms with van der Waals surface area (Å²) in [5, 5.41) is 9.37. The predicted molar refractivity (Wildman–Crippen MR) is 74.6 cm³/mol. The molecule has 0 radical (unpaired) electrons. The van der Waals surface area contributed by atoms with Crippen LogP contribution in [0.2, 0.25) is 0 Å². The third-order valence-electron chi connectivity index (χ3n) is 2.96. The molecular weight excluding hydrogens is 236 g/mol. The molecule has 0 aliphatic heterocycles. The first-order chi connectivity index (χ1) is 9.34. The fraction of sp³-hybridized carbons (Fsp3) is 0. The maximum atomic E-state index is 9.37. The molecule has 0 amide bonds. The SMILES string of the molecule is Oc1ccc(-c2ccccc2-c2ccncn2)cc1. The fourth-order valence-electron chi connectivity index (χ4n) is 2.05. The second kappa shape index (κ2) is 4.90. The van der Waals surface area contributed by atoms with E-state index in [1.165, 1.54) is 0 Å². The molecule has 2 aromatic carbocycles. The van der Waals surface area contributed by atoms with Crippen molar-refractivity contribution in [2.45, 2.75) is 0 Å². The molecule has 0 atom stereocenters. The standard InChI is InChI=1S/C16H12N2O/c19-13-7-5-12(6-8-13)14-3-1-2-4-15(14)16-9-10-17-11-18-16/h1-11,19H. The molecule has 0 aliphatic carbocycles. The Bertz CT molecular complexity index is 679. The summed E-state index contributed by atoms with van der Waals surface area (Å²) in [4.78, 5) is 8.23. The summed E-state index contributed by atoms with van der Waals surface area (Å²) in [6.45, 7) is 0. The quantitative estimate of drug-likeness (QED) is 0.754. The number of rotatable bonds is 2. The van der Waals surface area contributed by atoms with Gasteiger partial charge in [-0.25, -0.2) is 9.97 Å². The van der Waals surface area contributed by atoms with Gasteiger partial charge in [-0.15, -0.1) is 0 Å². The third-order valence-corrected chi connectivity index (χ3v) is 2.96. The first-order valence-electron chi connectivity index (χ1n) is 5.99. The number of benzene rings is 2. The minimum atomic E-state index is 0.267. The van der Waals surface area contributed by atoms with Crippen molar-refractivity contribution in [1.29, 1.82) is 0 Å². The van der Waals surface area contributed by atoms with Crippen LogP contribution in [-0.2, 0) is 0 Å². The van der Waals surface area contributed by atoms with E-state index in [-0.39, 0.29) is 5.75 Å². The van der Waals surface area contributed by atoms with Gasteiger partial charge in [-0.2, -0.15) is 0 Å². The lowest BCUT2D eigenvalue weighted by Crippen LogP contribution is -1.88. The minimum Gasteiger partial charge on any atom is -0.508 e. The van der Waals surface area contributed by atoms with E-state index < -0.39 is 0 Å². The summed E-state index contributed by atoms with van der Waals surface area (Å²) in [7, 11) is 0. The summed E-state index contributed by atoms with van der Waals surface area (Å²) < 4.78 is 0. The summed E-state index contributed by atoms with van der Waals surface area (Å²) in [5.41, 5.74) is 4.07. The average Bonchev–Trinajstić information content (AvgIpc) is 2.49. The Labute approximate surface area is 111 Å². The van der Waals surface area contributed by atoms with Crippen LogP contribution < -0.4 is 0 Å². The van der Waals surface area contributed by atoms with E-state index in [0.29, 0.717) is 0 Å². The lowest BCUT2D eigenvalue weighted by Gasteiger charge is -2.09. The minimum absolute atomic E-state index is 0.267. The average molecular weight is 248 g/mol. The molecular formula is C16H12N2O. The molecule has 19 heavy (non-hydrogen) atoms. The molecule has 0 aliphatic rings. The lowest BCUT2D eigenvalue weighted by molar-refractivity contribution is 0.475. The molecule has 1 N–H and O–H groups in total. The van der Waals surface area contributed by atoms with Gasteiger partial charge in [0.2, 0.25) is 0 Å². The number of nitrogens with zero attached hydrogens (tertiary/aromatic N) is 2. The highest BCUT2D eigenvalue weighted by atomic mass is 16.3. The molecule has 3 rings (SSSR count). The van der Waals surface area contributed by atoms with Crippen molar-refractivity contribution in [2.24, 2.45) is 0 Å². The zero-order valence-corrected chi connectivity index (χ0v) is 10.2. The number of aromatic hydroxyl groups is 1. The molecule has 3 heteroatoms. The lowest BCUT2D eigenvalue weighted by atomic mass is 9.97. The van der Waals surface area contributed by atoms with E-state index in [2.05, 4.69) is 9.97 Å². The largest absolute Gasteiger partial charge is 0.508 e. The van der Waals surface area contributed by atoms with E-state index in [1.807, 2.05) is 42.5 Å². The Hall–Kier alpha value is -2.68. The molecule has 3 nitrogen and oxygen atoms in total. The second-order valence-corrected chi connectivity index (χ2v) is 4.19. The van der Waals surface area contributed by atoms with Gasteiger partial charge in [0, 0.05) is 11.8 Å². The number of aromatic nitrogens is 2. The van der Waals surface area contributed by atoms with Gasteiger partial charge in [0.05, 0.1) is 5.69 Å². The summed E-state index contributed by atoms with van der Waals surface area (Å²) in [6, 6.07) is 17.1. The normalized spacial score (nSPS) is 10.3. The molecule has 1 heterocycles. The topological polar surface area (TPSA) is 46.0 Å². The Morgan fingerprint density at radius 2 is 1.53 bits per heavy atom. The first kappa shape index (κ1) is 11.4. The van der Waals surface area contributed by atoms with Gasteiger partial charge in [-0.3, -0.25) is 0 Å². The molecule has 0 saturated carbocycles. The molecule has 0 unspecified atom stereocenters. The van der Waals surface area contributed by atoms with E-state index >= 15 is 0 Å². The van der Waals surface area contributed by atoms with Gasteiger partial charge in [0.25, 0.3) is 0 Å². The van der Waals surface area contributed by atoms with E-state index in [9.17, 15) is 5.11 Å². The van der Waals surface area contributed by atoms with Crippen LogP contribution in [0.25, 0.3) is 22.4 Å². The van der Waals surface area contributed by atoms with Gasteiger partial charge < -0.3 is 5.11 Å². The summed E-state index contributed by atoms with van der Waals surface area (Å²) in [5.74, 6) is 0.267.